The Labute approximate surface area is 108 Å². The highest BCUT2D eigenvalue weighted by Gasteiger charge is 2.26. The Hall–Kier alpha value is -1.08. The van der Waals surface area contributed by atoms with Gasteiger partial charge in [-0.05, 0) is 19.3 Å². The fourth-order valence-electron chi connectivity index (χ4n) is 2.30. The van der Waals surface area contributed by atoms with Gasteiger partial charge in [0.15, 0.2) is 0 Å². The summed E-state index contributed by atoms with van der Waals surface area (Å²) in [5, 5.41) is 4.02. The van der Waals surface area contributed by atoms with Gasteiger partial charge in [0.1, 0.15) is 10.7 Å². The van der Waals surface area contributed by atoms with Crippen LogP contribution in [-0.2, 0) is 16.6 Å². The van der Waals surface area contributed by atoms with Gasteiger partial charge >= 0.3 is 0 Å². The minimum Gasteiger partial charge on any atom is -0.383 e. The van der Waals surface area contributed by atoms with Crippen LogP contribution in [0.1, 0.15) is 39.0 Å². The van der Waals surface area contributed by atoms with Gasteiger partial charge in [0.25, 0.3) is 0 Å². The van der Waals surface area contributed by atoms with Crippen LogP contribution in [0.4, 0.5) is 5.82 Å². The van der Waals surface area contributed by atoms with Gasteiger partial charge in [-0.1, -0.05) is 19.8 Å². The molecule has 102 valence electrons. The number of aryl methyl sites for hydroxylation is 1. The molecule has 3 N–H and O–H groups in total. The minimum absolute atomic E-state index is 0.0453. The van der Waals surface area contributed by atoms with E-state index >= 15 is 0 Å². The van der Waals surface area contributed by atoms with Crippen LogP contribution in [0.15, 0.2) is 11.1 Å². The lowest BCUT2D eigenvalue weighted by Gasteiger charge is -2.12. The van der Waals surface area contributed by atoms with Gasteiger partial charge in [-0.25, -0.2) is 17.8 Å². The lowest BCUT2D eigenvalue weighted by atomic mass is 10.3. The van der Waals surface area contributed by atoms with Crippen molar-refractivity contribution < 1.29 is 8.42 Å². The number of hydrogen-bond acceptors (Lipinski definition) is 4. The van der Waals surface area contributed by atoms with E-state index in [4.69, 9.17) is 5.73 Å². The standard InChI is InChI=1S/C11H20N4O2S/c1-2-7-15-11(12)10(8-13-15)18(16,17)14-9-5-3-4-6-9/h8-9,14H,2-7,12H2,1H3. The molecule has 0 aromatic carbocycles. The molecule has 0 unspecified atom stereocenters. The van der Waals surface area contributed by atoms with Gasteiger partial charge in [0.2, 0.25) is 10.0 Å². The Balaban J connectivity index is 2.18. The SMILES string of the molecule is CCCn1ncc(S(=O)(=O)NC2CCCC2)c1N. The first-order valence-electron chi connectivity index (χ1n) is 6.38. The maximum absolute atomic E-state index is 12.2. The summed E-state index contributed by atoms with van der Waals surface area (Å²) in [7, 11) is -3.53. The van der Waals surface area contributed by atoms with E-state index in [9.17, 15) is 8.42 Å². The number of anilines is 1. The molecule has 0 aliphatic heterocycles. The molecular formula is C11H20N4O2S. The van der Waals surface area contributed by atoms with Gasteiger partial charge < -0.3 is 5.73 Å². The van der Waals surface area contributed by atoms with Crippen molar-refractivity contribution in [3.05, 3.63) is 6.20 Å². The normalized spacial score (nSPS) is 17.4. The highest BCUT2D eigenvalue weighted by molar-refractivity contribution is 7.89. The summed E-state index contributed by atoms with van der Waals surface area (Å²) in [4.78, 5) is 0.0999. The maximum atomic E-state index is 12.2. The number of nitrogen functional groups attached to an aromatic ring is 1. The van der Waals surface area contributed by atoms with E-state index in [0.29, 0.717) is 6.54 Å². The number of sulfonamides is 1. The maximum Gasteiger partial charge on any atom is 0.246 e. The molecule has 0 bridgehead atoms. The molecule has 2 rings (SSSR count). The molecule has 0 amide bonds. The second-order valence-corrected chi connectivity index (χ2v) is 6.40. The minimum atomic E-state index is -3.53. The molecule has 18 heavy (non-hydrogen) atoms. The molecule has 0 saturated heterocycles. The average Bonchev–Trinajstić information content (AvgIpc) is 2.90. The third kappa shape index (κ3) is 2.67. The zero-order chi connectivity index (χ0) is 13.2. The van der Waals surface area contributed by atoms with Crippen LogP contribution in [0, 0.1) is 0 Å². The second kappa shape index (κ2) is 5.27. The average molecular weight is 272 g/mol. The van der Waals surface area contributed by atoms with Crippen molar-refractivity contribution in [1.82, 2.24) is 14.5 Å². The van der Waals surface area contributed by atoms with Gasteiger partial charge in [0.05, 0.1) is 6.20 Å². The highest BCUT2D eigenvalue weighted by atomic mass is 32.2. The first-order chi connectivity index (χ1) is 8.54. The van der Waals surface area contributed by atoms with Crippen LogP contribution in [0.2, 0.25) is 0 Å². The predicted molar refractivity (Wildman–Crippen MR) is 69.5 cm³/mol. The van der Waals surface area contributed by atoms with Gasteiger partial charge in [-0.2, -0.15) is 5.10 Å². The smallest absolute Gasteiger partial charge is 0.246 e. The number of nitrogens with two attached hydrogens (primary N) is 1. The molecule has 0 atom stereocenters. The van der Waals surface area contributed by atoms with Crippen molar-refractivity contribution >= 4 is 15.8 Å². The fourth-order valence-corrected chi connectivity index (χ4v) is 3.67. The highest BCUT2D eigenvalue weighted by Crippen LogP contribution is 2.22. The summed E-state index contributed by atoms with van der Waals surface area (Å²) < 4.78 is 28.6. The van der Waals surface area contributed by atoms with Gasteiger partial charge in [-0.15, -0.1) is 0 Å². The van der Waals surface area contributed by atoms with Crippen molar-refractivity contribution in [3.8, 4) is 0 Å². The molecule has 1 heterocycles. The summed E-state index contributed by atoms with van der Waals surface area (Å²) in [5.41, 5.74) is 5.83. The molecule has 6 nitrogen and oxygen atoms in total. The molecular weight excluding hydrogens is 252 g/mol. The number of rotatable bonds is 5. The summed E-state index contributed by atoms with van der Waals surface area (Å²) >= 11 is 0. The number of nitrogens with one attached hydrogen (secondary N) is 1. The molecule has 1 aliphatic rings. The van der Waals surface area contributed by atoms with Crippen LogP contribution >= 0.6 is 0 Å². The molecule has 7 heteroatoms. The van der Waals surface area contributed by atoms with Crippen molar-refractivity contribution in [2.45, 2.75) is 56.5 Å². The van der Waals surface area contributed by atoms with E-state index in [0.717, 1.165) is 32.1 Å². The number of aromatic nitrogens is 2. The Morgan fingerprint density at radius 2 is 2.17 bits per heavy atom. The molecule has 1 aromatic heterocycles. The monoisotopic (exact) mass is 272 g/mol. The van der Waals surface area contributed by atoms with Gasteiger partial charge in [0, 0.05) is 12.6 Å². The lowest BCUT2D eigenvalue weighted by molar-refractivity contribution is 0.552. The summed E-state index contributed by atoms with van der Waals surface area (Å²) in [6.07, 6.45) is 6.17. The van der Waals surface area contributed by atoms with Crippen LogP contribution in [0.3, 0.4) is 0 Å². The van der Waals surface area contributed by atoms with Crippen LogP contribution in [0.5, 0.6) is 0 Å². The molecule has 1 fully saturated rings. The number of hydrogen-bond donors (Lipinski definition) is 2. The fraction of sp³-hybridized carbons (Fsp3) is 0.727. The third-order valence-corrected chi connectivity index (χ3v) is 4.78. The lowest BCUT2D eigenvalue weighted by Crippen LogP contribution is -2.32. The van der Waals surface area contributed by atoms with E-state index in [1.807, 2.05) is 6.92 Å². The van der Waals surface area contributed by atoms with E-state index in [2.05, 4.69) is 9.82 Å². The molecule has 1 saturated carbocycles. The Kier molecular flexibility index (Phi) is 3.91. The zero-order valence-electron chi connectivity index (χ0n) is 10.6. The predicted octanol–water partition coefficient (Wildman–Crippen LogP) is 1.10. The van der Waals surface area contributed by atoms with Crippen molar-refractivity contribution in [2.75, 3.05) is 5.73 Å². The van der Waals surface area contributed by atoms with Gasteiger partial charge in [-0.3, -0.25) is 0 Å². The topological polar surface area (TPSA) is 90.0 Å². The molecule has 1 aliphatic carbocycles. The van der Waals surface area contributed by atoms with Crippen molar-refractivity contribution in [3.63, 3.8) is 0 Å². The van der Waals surface area contributed by atoms with E-state index in [1.165, 1.54) is 10.9 Å². The number of nitrogens with zero attached hydrogens (tertiary/aromatic N) is 2. The van der Waals surface area contributed by atoms with Crippen LogP contribution in [0.25, 0.3) is 0 Å². The second-order valence-electron chi connectivity index (χ2n) is 4.72. The van der Waals surface area contributed by atoms with E-state index < -0.39 is 10.0 Å². The molecule has 1 aromatic rings. The first kappa shape index (κ1) is 13.4. The van der Waals surface area contributed by atoms with Crippen molar-refractivity contribution in [1.29, 1.82) is 0 Å². The Morgan fingerprint density at radius 3 is 2.78 bits per heavy atom. The first-order valence-corrected chi connectivity index (χ1v) is 7.86. The van der Waals surface area contributed by atoms with Crippen molar-refractivity contribution in [2.24, 2.45) is 0 Å². The summed E-state index contributed by atoms with van der Waals surface area (Å²) in [5.74, 6) is 0.224. The summed E-state index contributed by atoms with van der Waals surface area (Å²) in [6, 6.07) is 0.0453. The van der Waals surface area contributed by atoms with Crippen LogP contribution in [-0.4, -0.2) is 24.2 Å². The Morgan fingerprint density at radius 1 is 1.50 bits per heavy atom. The quantitative estimate of drug-likeness (QED) is 0.839. The largest absolute Gasteiger partial charge is 0.383 e. The zero-order valence-corrected chi connectivity index (χ0v) is 11.4. The summed E-state index contributed by atoms with van der Waals surface area (Å²) in [6.45, 7) is 2.62. The molecule has 0 spiro atoms. The van der Waals surface area contributed by atoms with Crippen LogP contribution < -0.4 is 10.5 Å². The van der Waals surface area contributed by atoms with E-state index in [1.54, 1.807) is 0 Å². The molecule has 0 radical (unpaired) electrons. The Bertz CT molecular complexity index is 503. The van der Waals surface area contributed by atoms with E-state index in [-0.39, 0.29) is 16.8 Å². The third-order valence-electron chi connectivity index (χ3n) is 3.25.